The van der Waals surface area contributed by atoms with Crippen molar-refractivity contribution in [3.63, 3.8) is 0 Å². The second kappa shape index (κ2) is 21.9. The highest BCUT2D eigenvalue weighted by molar-refractivity contribution is 7.88. The Kier molecular flexibility index (Phi) is 18.0. The Morgan fingerprint density at radius 2 is 0.935 bits per heavy atom. The van der Waals surface area contributed by atoms with Gasteiger partial charge in [0, 0.05) is 24.0 Å². The quantitative estimate of drug-likeness (QED) is 0.0611. The predicted molar refractivity (Wildman–Crippen MR) is 196 cm³/mol. The summed E-state index contributed by atoms with van der Waals surface area (Å²) in [6, 6.07) is 6.65. The minimum atomic E-state index is -6.44. The van der Waals surface area contributed by atoms with Crippen molar-refractivity contribution in [2.45, 2.75) is 49.0 Å². The van der Waals surface area contributed by atoms with E-state index >= 15 is 0 Å². The van der Waals surface area contributed by atoms with E-state index < -0.39 is 90.1 Å². The Morgan fingerprint density at radius 3 is 1.29 bits per heavy atom. The minimum Gasteiger partial charge on any atom is -0.493 e. The van der Waals surface area contributed by atoms with Gasteiger partial charge in [-0.25, -0.2) is 0 Å². The number of carbonyl (C=O) groups is 2. The van der Waals surface area contributed by atoms with E-state index in [0.29, 0.717) is 12.1 Å². The zero-order valence-corrected chi connectivity index (χ0v) is 32.4. The topological polar surface area (TPSA) is 164 Å². The fraction of sp³-hybridized carbons (Fsp3) is 0.263. The van der Waals surface area contributed by atoms with Crippen LogP contribution in [0.15, 0.2) is 58.8 Å². The zero-order chi connectivity index (χ0) is 46.8. The van der Waals surface area contributed by atoms with Crippen LogP contribution in [0.4, 0.5) is 43.9 Å². The van der Waals surface area contributed by atoms with Gasteiger partial charge >= 0.3 is 43.1 Å². The molecule has 0 aromatic heterocycles. The number of nitrogens with zero attached hydrogens (tertiary/aromatic N) is 2. The van der Waals surface area contributed by atoms with E-state index in [4.69, 9.17) is 15.9 Å². The van der Waals surface area contributed by atoms with Gasteiger partial charge in [0.25, 0.3) is 0 Å². The average Bonchev–Trinajstić information content (AvgIpc) is 3.19. The van der Waals surface area contributed by atoms with Crippen LogP contribution in [0.5, 0.6) is 11.5 Å². The molecule has 12 nitrogen and oxygen atoms in total. The van der Waals surface area contributed by atoms with Crippen molar-refractivity contribution in [3.8, 4) is 83.0 Å². The summed E-state index contributed by atoms with van der Waals surface area (Å²) in [5, 5.41) is -5.92. The SMILES string of the molecule is C#CC#CC#CC#CC#CC#CCC(=O)C(F)(F)S(=O)(=O)O/N=C(/c1ccc(OCCCOc2ccc(/C(=N/OS(=O)(=O)C(F)(F)C(=O)CC)C(F)(F)F)cc2)cc1)C(F)(F)F. The maximum absolute atomic E-state index is 14.4. The molecule has 0 saturated heterocycles. The van der Waals surface area contributed by atoms with Crippen molar-refractivity contribution in [2.75, 3.05) is 13.2 Å². The molecule has 0 fully saturated rings. The molecule has 0 N–H and O–H groups in total. The van der Waals surface area contributed by atoms with Crippen LogP contribution in [0.25, 0.3) is 0 Å². The summed E-state index contributed by atoms with van der Waals surface area (Å²) >= 11 is 0. The highest BCUT2D eigenvalue weighted by atomic mass is 32.2. The predicted octanol–water partition coefficient (Wildman–Crippen LogP) is 5.53. The zero-order valence-electron chi connectivity index (χ0n) is 30.8. The van der Waals surface area contributed by atoms with Gasteiger partial charge in [-0.1, -0.05) is 23.2 Å². The maximum Gasteiger partial charge on any atom is 0.440 e. The third kappa shape index (κ3) is 14.9. The number of Topliss-reactive ketones (excluding diaryl/α,β-unsaturated/α-hetero) is 2. The van der Waals surface area contributed by atoms with E-state index in [2.05, 4.69) is 60.3 Å². The van der Waals surface area contributed by atoms with Crippen LogP contribution in [-0.4, -0.2) is 75.9 Å². The third-order valence-corrected chi connectivity index (χ3v) is 8.83. The molecule has 326 valence electrons. The molecule has 0 unspecified atom stereocenters. The molecule has 0 aliphatic heterocycles. The lowest BCUT2D eigenvalue weighted by atomic mass is 10.1. The van der Waals surface area contributed by atoms with Gasteiger partial charge in [0.1, 0.15) is 11.5 Å². The summed E-state index contributed by atoms with van der Waals surface area (Å²) in [5.41, 5.74) is -5.89. The number of hydrogen-bond acceptors (Lipinski definition) is 12. The number of benzene rings is 2. The largest absolute Gasteiger partial charge is 0.493 e. The number of rotatable bonds is 18. The molecule has 0 aliphatic rings. The van der Waals surface area contributed by atoms with Gasteiger partial charge in [-0.2, -0.15) is 60.7 Å². The van der Waals surface area contributed by atoms with Gasteiger partial charge in [-0.15, -0.1) is 6.42 Å². The van der Waals surface area contributed by atoms with Crippen LogP contribution in [-0.2, 0) is 38.4 Å². The molecule has 0 spiro atoms. The van der Waals surface area contributed by atoms with Gasteiger partial charge < -0.3 is 9.47 Å². The molecule has 0 atom stereocenters. The van der Waals surface area contributed by atoms with E-state index in [1.165, 1.54) is 0 Å². The lowest BCUT2D eigenvalue weighted by Gasteiger charge is -2.15. The maximum atomic E-state index is 14.4. The monoisotopic (exact) mass is 920 g/mol. The van der Waals surface area contributed by atoms with Crippen LogP contribution in [0.2, 0.25) is 0 Å². The fourth-order valence-corrected chi connectivity index (χ4v) is 4.98. The Labute approximate surface area is 346 Å². The van der Waals surface area contributed by atoms with E-state index in [-0.39, 0.29) is 31.1 Å². The highest BCUT2D eigenvalue weighted by Gasteiger charge is 2.55. The normalized spacial score (nSPS) is 12.0. The summed E-state index contributed by atoms with van der Waals surface area (Å²) < 4.78 is 203. The van der Waals surface area contributed by atoms with Crippen LogP contribution in [0.1, 0.15) is 37.3 Å². The van der Waals surface area contributed by atoms with E-state index in [1.54, 1.807) is 0 Å². The van der Waals surface area contributed by atoms with E-state index in [1.807, 2.05) is 23.7 Å². The number of alkyl halides is 10. The molecule has 0 amide bonds. The smallest absolute Gasteiger partial charge is 0.440 e. The first kappa shape index (κ1) is 51.0. The Hall–Kier alpha value is -7.12. The van der Waals surface area contributed by atoms with Gasteiger partial charge in [0.2, 0.25) is 11.6 Å². The summed E-state index contributed by atoms with van der Waals surface area (Å²) in [4.78, 5) is 23.1. The molecule has 2 aromatic carbocycles. The van der Waals surface area contributed by atoms with Gasteiger partial charge in [-0.3, -0.25) is 18.2 Å². The van der Waals surface area contributed by atoms with Crippen molar-refractivity contribution < 1.29 is 88.4 Å². The molecule has 2 rings (SSSR count). The van der Waals surface area contributed by atoms with Gasteiger partial charge in [0.05, 0.1) is 19.6 Å². The van der Waals surface area contributed by atoms with Crippen molar-refractivity contribution >= 4 is 43.2 Å². The first-order valence-electron chi connectivity index (χ1n) is 16.2. The van der Waals surface area contributed by atoms with E-state index in [0.717, 1.165) is 43.3 Å². The van der Waals surface area contributed by atoms with Crippen molar-refractivity contribution in [2.24, 2.45) is 10.3 Å². The number of hydrogen-bond donors (Lipinski definition) is 0. The molecule has 0 saturated carbocycles. The fourth-order valence-electron chi connectivity index (χ4n) is 3.67. The Balaban J connectivity index is 2.03. The molecule has 62 heavy (non-hydrogen) atoms. The second-order valence-electron chi connectivity index (χ2n) is 10.9. The molecule has 2 aromatic rings. The molecular formula is C38H22F10N2O10S2. The van der Waals surface area contributed by atoms with E-state index in [9.17, 15) is 70.3 Å². The average molecular weight is 921 g/mol. The number of carbonyl (C=O) groups excluding carboxylic acids is 2. The van der Waals surface area contributed by atoms with Crippen molar-refractivity contribution in [1.82, 2.24) is 0 Å². The van der Waals surface area contributed by atoms with Gasteiger partial charge in [-0.05, 0) is 108 Å². The number of ether oxygens (including phenoxy) is 2. The lowest BCUT2D eigenvalue weighted by Crippen LogP contribution is -2.38. The molecular weight excluding hydrogens is 899 g/mol. The number of oxime groups is 2. The first-order chi connectivity index (χ1) is 28.8. The minimum absolute atomic E-state index is 0.0390. The first-order valence-corrected chi connectivity index (χ1v) is 19.0. The second-order valence-corrected chi connectivity index (χ2v) is 14.0. The molecule has 0 heterocycles. The van der Waals surface area contributed by atoms with Crippen molar-refractivity contribution in [1.29, 1.82) is 0 Å². The third-order valence-electron chi connectivity index (χ3n) is 6.58. The molecule has 0 bridgehead atoms. The number of ketones is 2. The number of halogens is 10. The summed E-state index contributed by atoms with van der Waals surface area (Å²) in [6.45, 7) is 0.516. The molecule has 0 aliphatic carbocycles. The van der Waals surface area contributed by atoms with Gasteiger partial charge in [0.15, 0.2) is 11.4 Å². The Morgan fingerprint density at radius 1 is 0.581 bits per heavy atom. The standard InChI is InChI=1S/C38H22F10N2O10S2/c1-3-5-6-7-8-9-10-11-12-13-14-16-32(52)38(47,48)62(55,56)60-50-34(36(42,43)44)28-19-23-30(24-20-28)58-26-15-25-57-29-21-17-27(18-22-29)33(35(39,40)41)49-59-61(53,54)37(45,46)31(51)4-2/h1,17-24H,4,15-16,25-26H2,2H3/b49-33-,50-34-. The lowest BCUT2D eigenvalue weighted by molar-refractivity contribution is -0.133. The van der Waals surface area contributed by atoms with Crippen molar-refractivity contribution in [3.05, 3.63) is 59.7 Å². The van der Waals surface area contributed by atoms with Crippen LogP contribution in [0, 0.1) is 71.5 Å². The highest BCUT2D eigenvalue weighted by Crippen LogP contribution is 2.31. The van der Waals surface area contributed by atoms with Crippen LogP contribution < -0.4 is 9.47 Å². The van der Waals surface area contributed by atoms with Crippen LogP contribution >= 0.6 is 0 Å². The Bertz CT molecular complexity index is 2650. The van der Waals surface area contributed by atoms with Crippen LogP contribution in [0.3, 0.4) is 0 Å². The summed E-state index contributed by atoms with van der Waals surface area (Å²) in [5.74, 6) is 18.5. The summed E-state index contributed by atoms with van der Waals surface area (Å²) in [6.07, 6.45) is -8.40. The summed E-state index contributed by atoms with van der Waals surface area (Å²) in [7, 11) is -12.7. The molecule has 24 heteroatoms. The molecule has 0 radical (unpaired) electrons. The number of terminal acetylenes is 1.